The Morgan fingerprint density at radius 3 is 2.50 bits per heavy atom. The molecule has 7 rings (SSSR count). The number of nitrogens with one attached hydrogen (secondary N) is 1. The molecule has 0 radical (unpaired) electrons. The SMILES string of the molecule is CCCc1nc2c(C)cc(-c3ccccc3)cc2n1Cc1ccc2c(c1)CCc1ccccc1C2=Cc1noc(=O)[nH]1. The first-order chi connectivity index (χ1) is 20.6. The van der Waals surface area contributed by atoms with Gasteiger partial charge in [-0.25, -0.2) is 9.78 Å². The van der Waals surface area contributed by atoms with E-state index in [0.29, 0.717) is 5.82 Å². The van der Waals surface area contributed by atoms with Crippen LogP contribution in [0.1, 0.15) is 58.4 Å². The lowest BCUT2D eigenvalue weighted by Gasteiger charge is -2.15. The summed E-state index contributed by atoms with van der Waals surface area (Å²) in [5.74, 6) is 0.986. The largest absolute Gasteiger partial charge is 0.439 e. The topological polar surface area (TPSA) is 76.7 Å². The number of hydrogen-bond donors (Lipinski definition) is 1. The van der Waals surface area contributed by atoms with Gasteiger partial charge in [0.1, 0.15) is 5.82 Å². The molecule has 0 unspecified atom stereocenters. The molecule has 0 fully saturated rings. The molecular formula is C36H32N4O2. The minimum Gasteiger partial charge on any atom is -0.323 e. The van der Waals surface area contributed by atoms with Crippen molar-refractivity contribution < 1.29 is 4.52 Å². The quantitative estimate of drug-likeness (QED) is 0.234. The number of benzene rings is 4. The van der Waals surface area contributed by atoms with Crippen LogP contribution in [0.5, 0.6) is 0 Å². The Bertz CT molecular complexity index is 2010. The smallest absolute Gasteiger partial charge is 0.323 e. The van der Waals surface area contributed by atoms with E-state index in [1.807, 2.05) is 6.08 Å². The second-order valence-corrected chi connectivity index (χ2v) is 11.1. The fourth-order valence-electron chi connectivity index (χ4n) is 6.24. The van der Waals surface area contributed by atoms with E-state index in [4.69, 9.17) is 9.51 Å². The molecular weight excluding hydrogens is 520 g/mol. The van der Waals surface area contributed by atoms with Gasteiger partial charge in [-0.05, 0) is 94.5 Å². The molecule has 0 saturated carbocycles. The highest BCUT2D eigenvalue weighted by Gasteiger charge is 2.20. The Hall–Kier alpha value is -4.97. The number of H-pyrrole nitrogens is 1. The molecule has 1 aliphatic rings. The average Bonchev–Trinajstić information content (AvgIpc) is 3.54. The van der Waals surface area contributed by atoms with Crippen molar-refractivity contribution in [2.24, 2.45) is 0 Å². The van der Waals surface area contributed by atoms with E-state index in [0.717, 1.165) is 60.3 Å². The highest BCUT2D eigenvalue weighted by molar-refractivity contribution is 5.93. The maximum Gasteiger partial charge on any atom is 0.439 e. The minimum absolute atomic E-state index is 0.417. The summed E-state index contributed by atoms with van der Waals surface area (Å²) in [5.41, 5.74) is 13.0. The van der Waals surface area contributed by atoms with Crippen molar-refractivity contribution in [3.05, 3.63) is 141 Å². The molecule has 0 spiro atoms. The van der Waals surface area contributed by atoms with E-state index < -0.39 is 5.76 Å². The van der Waals surface area contributed by atoms with Crippen molar-refractivity contribution in [3.8, 4) is 11.1 Å². The first kappa shape index (κ1) is 26.0. The number of nitrogens with zero attached hydrogens (tertiary/aromatic N) is 3. The first-order valence-corrected chi connectivity index (χ1v) is 14.6. The van der Waals surface area contributed by atoms with Gasteiger partial charge < -0.3 is 4.57 Å². The Kier molecular flexibility index (Phi) is 6.67. The number of aromatic amines is 1. The van der Waals surface area contributed by atoms with Gasteiger partial charge in [0.2, 0.25) is 0 Å². The molecule has 0 amide bonds. The molecule has 2 heterocycles. The van der Waals surface area contributed by atoms with Crippen LogP contribution < -0.4 is 5.76 Å². The molecule has 1 N–H and O–H groups in total. The van der Waals surface area contributed by atoms with Gasteiger partial charge in [-0.1, -0.05) is 84.9 Å². The van der Waals surface area contributed by atoms with E-state index in [2.05, 4.69) is 113 Å². The van der Waals surface area contributed by atoms with Crippen molar-refractivity contribution in [2.45, 2.75) is 46.1 Å². The lowest BCUT2D eigenvalue weighted by Crippen LogP contribution is -2.06. The summed E-state index contributed by atoms with van der Waals surface area (Å²) in [4.78, 5) is 19.5. The van der Waals surface area contributed by atoms with E-state index in [1.54, 1.807) is 0 Å². The summed E-state index contributed by atoms with van der Waals surface area (Å²) in [6.45, 7) is 5.12. The zero-order chi connectivity index (χ0) is 28.6. The minimum atomic E-state index is -0.555. The normalized spacial score (nSPS) is 13.7. The van der Waals surface area contributed by atoms with Crippen LogP contribution in [0, 0.1) is 6.92 Å². The highest BCUT2D eigenvalue weighted by atomic mass is 16.5. The van der Waals surface area contributed by atoms with Crippen molar-refractivity contribution in [2.75, 3.05) is 0 Å². The molecule has 42 heavy (non-hydrogen) atoms. The molecule has 6 nitrogen and oxygen atoms in total. The maximum absolute atomic E-state index is 11.7. The van der Waals surface area contributed by atoms with Crippen LogP contribution in [0.4, 0.5) is 0 Å². The van der Waals surface area contributed by atoms with Gasteiger partial charge in [0, 0.05) is 13.0 Å². The summed E-state index contributed by atoms with van der Waals surface area (Å²) in [7, 11) is 0. The van der Waals surface area contributed by atoms with Gasteiger partial charge in [-0.2, -0.15) is 0 Å². The zero-order valence-corrected chi connectivity index (χ0v) is 23.9. The molecule has 0 atom stereocenters. The van der Waals surface area contributed by atoms with E-state index in [9.17, 15) is 4.79 Å². The molecule has 6 aromatic rings. The van der Waals surface area contributed by atoms with Gasteiger partial charge in [0.25, 0.3) is 0 Å². The van der Waals surface area contributed by atoms with Crippen LogP contribution in [-0.2, 0) is 25.8 Å². The van der Waals surface area contributed by atoms with Gasteiger partial charge in [-0.15, -0.1) is 0 Å². The van der Waals surface area contributed by atoms with Crippen LogP contribution in [-0.4, -0.2) is 19.7 Å². The predicted octanol–water partition coefficient (Wildman–Crippen LogP) is 7.38. The molecule has 2 aromatic heterocycles. The molecule has 0 aliphatic heterocycles. The molecule has 1 aliphatic carbocycles. The van der Waals surface area contributed by atoms with Crippen LogP contribution in [0.25, 0.3) is 33.8 Å². The number of imidazole rings is 1. The fourth-order valence-corrected chi connectivity index (χ4v) is 6.24. The highest BCUT2D eigenvalue weighted by Crippen LogP contribution is 2.36. The first-order valence-electron chi connectivity index (χ1n) is 14.6. The van der Waals surface area contributed by atoms with Gasteiger partial charge in [0.05, 0.1) is 11.0 Å². The lowest BCUT2D eigenvalue weighted by molar-refractivity contribution is 0.385. The van der Waals surface area contributed by atoms with E-state index in [1.165, 1.54) is 38.9 Å². The van der Waals surface area contributed by atoms with Crippen molar-refractivity contribution >= 4 is 22.7 Å². The molecule has 4 aromatic carbocycles. The maximum atomic E-state index is 11.7. The van der Waals surface area contributed by atoms with Crippen molar-refractivity contribution in [1.29, 1.82) is 0 Å². The molecule has 0 saturated heterocycles. The summed E-state index contributed by atoms with van der Waals surface area (Å²) in [5, 5.41) is 3.92. The standard InChI is InChI=1S/C36H32N4O2/c1-3-9-34-38-35-23(2)18-28(25-10-5-4-6-11-25)20-32(35)40(34)22-24-14-17-30-27(19-24)16-15-26-12-7-8-13-29(26)31(30)21-33-37-36(41)42-39-33/h4-8,10-14,17-21H,3,9,15-16,22H2,1-2H3,(H,37,39,41). The van der Waals surface area contributed by atoms with E-state index in [-0.39, 0.29) is 0 Å². The molecule has 208 valence electrons. The summed E-state index contributed by atoms with van der Waals surface area (Å²) in [6, 6.07) is 30.4. The Morgan fingerprint density at radius 1 is 0.905 bits per heavy atom. The Labute approximate surface area is 244 Å². The predicted molar refractivity (Wildman–Crippen MR) is 167 cm³/mol. The monoisotopic (exact) mass is 552 g/mol. The van der Waals surface area contributed by atoms with Crippen molar-refractivity contribution in [1.82, 2.24) is 19.7 Å². The number of rotatable bonds is 6. The summed E-state index contributed by atoms with van der Waals surface area (Å²) in [6.07, 6.45) is 5.75. The van der Waals surface area contributed by atoms with Gasteiger partial charge >= 0.3 is 5.76 Å². The average molecular weight is 553 g/mol. The second kappa shape index (κ2) is 10.8. The third kappa shape index (κ3) is 4.79. The van der Waals surface area contributed by atoms with Gasteiger partial charge in [0.15, 0.2) is 5.82 Å². The van der Waals surface area contributed by atoms with Crippen LogP contribution in [0.15, 0.2) is 94.2 Å². The second-order valence-electron chi connectivity index (χ2n) is 11.1. The number of fused-ring (bicyclic) bond motifs is 3. The lowest BCUT2D eigenvalue weighted by atomic mass is 9.92. The Balaban J connectivity index is 1.33. The summed E-state index contributed by atoms with van der Waals surface area (Å²) >= 11 is 0. The number of aromatic nitrogens is 4. The fraction of sp³-hybridized carbons (Fsp3) is 0.194. The van der Waals surface area contributed by atoms with Crippen LogP contribution >= 0.6 is 0 Å². The Morgan fingerprint density at radius 2 is 1.69 bits per heavy atom. The third-order valence-electron chi connectivity index (χ3n) is 8.21. The molecule has 0 bridgehead atoms. The van der Waals surface area contributed by atoms with E-state index >= 15 is 0 Å². The third-order valence-corrected chi connectivity index (χ3v) is 8.21. The number of aryl methyl sites for hydroxylation is 4. The van der Waals surface area contributed by atoms with Gasteiger partial charge in [-0.3, -0.25) is 9.51 Å². The molecule has 6 heteroatoms. The zero-order valence-electron chi connectivity index (χ0n) is 23.9. The van der Waals surface area contributed by atoms with Crippen LogP contribution in [0.2, 0.25) is 0 Å². The summed E-state index contributed by atoms with van der Waals surface area (Å²) < 4.78 is 7.19. The van der Waals surface area contributed by atoms with Crippen LogP contribution in [0.3, 0.4) is 0 Å². The van der Waals surface area contributed by atoms with Crippen molar-refractivity contribution in [3.63, 3.8) is 0 Å². The number of hydrogen-bond acceptors (Lipinski definition) is 4.